The van der Waals surface area contributed by atoms with Gasteiger partial charge in [0.2, 0.25) is 0 Å². The normalized spacial score (nSPS) is 22.9. The van der Waals surface area contributed by atoms with E-state index in [0.29, 0.717) is 5.56 Å². The number of para-hydroxylation sites is 1. The number of carbonyl (C=O) groups is 1. The molecule has 0 unspecified atom stereocenters. The monoisotopic (exact) mass is 482 g/mol. The smallest absolute Gasteiger partial charge is 0.258 e. The van der Waals surface area contributed by atoms with Crippen LogP contribution in [0.4, 0.5) is 11.4 Å². The van der Waals surface area contributed by atoms with E-state index < -0.39 is 0 Å². The van der Waals surface area contributed by atoms with E-state index >= 15 is 0 Å². The number of rotatable bonds is 5. The first kappa shape index (κ1) is 24.5. The third-order valence-corrected chi connectivity index (χ3v) is 8.33. The molecule has 2 aromatic carbocycles. The lowest BCUT2D eigenvalue weighted by molar-refractivity contribution is 0.0299. The molecule has 0 spiro atoms. The van der Waals surface area contributed by atoms with Crippen molar-refractivity contribution in [3.63, 3.8) is 0 Å². The molecule has 36 heavy (non-hydrogen) atoms. The average molecular weight is 483 g/mol. The van der Waals surface area contributed by atoms with Gasteiger partial charge in [-0.05, 0) is 80.5 Å². The molecular formula is C31H38N4O. The fourth-order valence-corrected chi connectivity index (χ4v) is 6.05. The molecule has 1 aliphatic heterocycles. The molecule has 1 aliphatic carbocycles. The molecule has 2 fully saturated rings. The summed E-state index contributed by atoms with van der Waals surface area (Å²) in [6, 6.07) is 23.2. The highest BCUT2D eigenvalue weighted by Crippen LogP contribution is 2.45. The van der Waals surface area contributed by atoms with E-state index in [1.807, 2.05) is 20.0 Å². The van der Waals surface area contributed by atoms with Gasteiger partial charge in [0.15, 0.2) is 0 Å². The Morgan fingerprint density at radius 3 is 2.36 bits per heavy atom. The molecule has 1 saturated carbocycles. The average Bonchev–Trinajstić information content (AvgIpc) is 2.93. The van der Waals surface area contributed by atoms with E-state index in [1.165, 1.54) is 36.9 Å². The number of pyridine rings is 1. The Morgan fingerprint density at radius 2 is 1.67 bits per heavy atom. The number of carbonyl (C=O) groups excluding carboxylic acids is 1. The van der Waals surface area contributed by atoms with Crippen LogP contribution in [0.3, 0.4) is 0 Å². The van der Waals surface area contributed by atoms with Crippen LogP contribution in [0, 0.1) is 12.8 Å². The topological polar surface area (TPSA) is 39.7 Å². The first-order valence-electron chi connectivity index (χ1n) is 13.3. The Morgan fingerprint density at radius 1 is 0.944 bits per heavy atom. The lowest BCUT2D eigenvalue weighted by Crippen LogP contribution is -2.56. The predicted molar refractivity (Wildman–Crippen MR) is 148 cm³/mol. The highest BCUT2D eigenvalue weighted by Gasteiger charge is 2.42. The fourth-order valence-electron chi connectivity index (χ4n) is 6.05. The van der Waals surface area contributed by atoms with Gasteiger partial charge in [-0.25, -0.2) is 0 Å². The third-order valence-electron chi connectivity index (χ3n) is 8.33. The van der Waals surface area contributed by atoms with E-state index in [9.17, 15) is 4.79 Å². The van der Waals surface area contributed by atoms with Crippen molar-refractivity contribution >= 4 is 17.3 Å². The predicted octanol–water partition coefficient (Wildman–Crippen LogP) is 5.89. The van der Waals surface area contributed by atoms with E-state index in [4.69, 9.17) is 0 Å². The minimum absolute atomic E-state index is 0.000409. The molecule has 0 N–H and O–H groups in total. The Bertz CT molecular complexity index is 1180. The number of hydrogen-bond acceptors (Lipinski definition) is 4. The third kappa shape index (κ3) is 4.90. The van der Waals surface area contributed by atoms with Gasteiger partial charge in [-0.15, -0.1) is 0 Å². The second-order valence-corrected chi connectivity index (χ2v) is 10.6. The Balaban J connectivity index is 1.40. The van der Waals surface area contributed by atoms with E-state index in [0.717, 1.165) is 43.5 Å². The van der Waals surface area contributed by atoms with Crippen LogP contribution >= 0.6 is 0 Å². The highest BCUT2D eigenvalue weighted by atomic mass is 16.2. The summed E-state index contributed by atoms with van der Waals surface area (Å²) in [4.78, 5) is 24.5. The van der Waals surface area contributed by atoms with Crippen LogP contribution in [0.25, 0.3) is 0 Å². The summed E-state index contributed by atoms with van der Waals surface area (Å²) in [5, 5.41) is 0. The lowest BCUT2D eigenvalue weighted by Gasteiger charge is -2.51. The molecule has 3 aromatic rings. The van der Waals surface area contributed by atoms with Crippen molar-refractivity contribution in [2.75, 3.05) is 43.0 Å². The van der Waals surface area contributed by atoms with Gasteiger partial charge in [0.1, 0.15) is 0 Å². The molecule has 0 atom stereocenters. The van der Waals surface area contributed by atoms with Gasteiger partial charge >= 0.3 is 0 Å². The summed E-state index contributed by atoms with van der Waals surface area (Å²) in [5.41, 5.74) is 5.18. The Hall–Kier alpha value is -3.18. The van der Waals surface area contributed by atoms with Crippen LogP contribution in [-0.2, 0) is 5.54 Å². The van der Waals surface area contributed by atoms with Crippen LogP contribution in [0.5, 0.6) is 0 Å². The fraction of sp³-hybridized carbons (Fsp3) is 0.419. The van der Waals surface area contributed by atoms with Crippen molar-refractivity contribution in [1.82, 2.24) is 9.88 Å². The summed E-state index contributed by atoms with van der Waals surface area (Å²) in [5.74, 6) is 0.770. The van der Waals surface area contributed by atoms with Crippen LogP contribution in [-0.4, -0.2) is 49.0 Å². The van der Waals surface area contributed by atoms with E-state index in [-0.39, 0.29) is 11.4 Å². The molecular weight excluding hydrogens is 444 g/mol. The van der Waals surface area contributed by atoms with Gasteiger partial charge in [-0.3, -0.25) is 14.7 Å². The van der Waals surface area contributed by atoms with Crippen molar-refractivity contribution in [2.24, 2.45) is 5.92 Å². The molecule has 5 nitrogen and oxygen atoms in total. The van der Waals surface area contributed by atoms with E-state index in [2.05, 4.69) is 76.3 Å². The van der Waals surface area contributed by atoms with Gasteiger partial charge in [0, 0.05) is 67.6 Å². The maximum absolute atomic E-state index is 13.3. The first-order chi connectivity index (χ1) is 17.5. The molecule has 0 radical (unpaired) electrons. The number of anilines is 2. The summed E-state index contributed by atoms with van der Waals surface area (Å²) in [7, 11) is 1.88. The second-order valence-electron chi connectivity index (χ2n) is 10.6. The molecule has 2 aliphatic rings. The second kappa shape index (κ2) is 10.4. The molecule has 0 bridgehead atoms. The zero-order chi connectivity index (χ0) is 25.1. The number of hydrogen-bond donors (Lipinski definition) is 0. The van der Waals surface area contributed by atoms with Gasteiger partial charge in [-0.2, -0.15) is 0 Å². The molecule has 5 heteroatoms. The minimum atomic E-state index is 0.000409. The molecule has 5 rings (SSSR count). The molecule has 188 valence electrons. The van der Waals surface area contributed by atoms with Crippen LogP contribution in [0.2, 0.25) is 0 Å². The molecule has 1 aromatic heterocycles. The van der Waals surface area contributed by atoms with Gasteiger partial charge in [0.25, 0.3) is 5.91 Å². The highest BCUT2D eigenvalue weighted by molar-refractivity contribution is 6.05. The summed E-state index contributed by atoms with van der Waals surface area (Å²) in [6.45, 7) is 8.50. The summed E-state index contributed by atoms with van der Waals surface area (Å²) >= 11 is 0. The lowest BCUT2D eigenvalue weighted by atomic mass is 9.71. The number of aryl methyl sites for hydroxylation is 1. The maximum Gasteiger partial charge on any atom is 0.258 e. The zero-order valence-corrected chi connectivity index (χ0v) is 21.9. The zero-order valence-electron chi connectivity index (χ0n) is 21.9. The number of nitrogens with zero attached hydrogens (tertiary/aromatic N) is 4. The summed E-state index contributed by atoms with van der Waals surface area (Å²) in [6.07, 6.45) is 6.54. The first-order valence-corrected chi connectivity index (χ1v) is 13.3. The van der Waals surface area contributed by atoms with Crippen LogP contribution in [0.15, 0.2) is 72.9 Å². The van der Waals surface area contributed by atoms with Crippen molar-refractivity contribution in [3.8, 4) is 0 Å². The quantitative estimate of drug-likeness (QED) is 0.454. The van der Waals surface area contributed by atoms with Crippen molar-refractivity contribution in [3.05, 3.63) is 89.7 Å². The van der Waals surface area contributed by atoms with Crippen molar-refractivity contribution < 1.29 is 4.79 Å². The molecule has 1 saturated heterocycles. The number of aromatic nitrogens is 1. The molecule has 2 heterocycles. The van der Waals surface area contributed by atoms with Gasteiger partial charge < -0.3 is 9.80 Å². The maximum atomic E-state index is 13.3. The van der Waals surface area contributed by atoms with Gasteiger partial charge in [-0.1, -0.05) is 37.3 Å². The van der Waals surface area contributed by atoms with Crippen molar-refractivity contribution in [2.45, 2.75) is 45.1 Å². The number of amides is 1. The largest absolute Gasteiger partial charge is 0.369 e. The van der Waals surface area contributed by atoms with Crippen LogP contribution in [0.1, 0.15) is 54.2 Å². The Labute approximate surface area is 215 Å². The molecule has 1 amide bonds. The van der Waals surface area contributed by atoms with Gasteiger partial charge in [0.05, 0.1) is 0 Å². The SMILES string of the molecule is Cc1cc(C(=O)N(C)c2cccc(C3(N4CCN(c5ccccc5)CC4)CCC(C)CC3)c2)ccn1. The van der Waals surface area contributed by atoms with Crippen LogP contribution < -0.4 is 9.80 Å². The summed E-state index contributed by atoms with van der Waals surface area (Å²) < 4.78 is 0. The minimum Gasteiger partial charge on any atom is -0.369 e. The number of benzene rings is 2. The van der Waals surface area contributed by atoms with E-state index in [1.54, 1.807) is 17.2 Å². The number of piperazine rings is 1. The Kier molecular flexibility index (Phi) is 7.10. The van der Waals surface area contributed by atoms with Crippen molar-refractivity contribution in [1.29, 1.82) is 0 Å². The standard InChI is InChI=1S/C31H38N4O/c1-24-12-15-31(16-13-24,35-20-18-34(19-21-35)28-9-5-4-6-10-28)27-8-7-11-29(23-27)33(3)30(36)26-14-17-32-25(2)22-26/h4-11,14,17,22-24H,12-13,15-16,18-21H2,1-3H3.